The van der Waals surface area contributed by atoms with Crippen molar-refractivity contribution in [3.8, 4) is 0 Å². The molecule has 3 aromatic rings. The van der Waals surface area contributed by atoms with E-state index in [2.05, 4.69) is 21.2 Å². The molecule has 0 fully saturated rings. The van der Waals surface area contributed by atoms with E-state index in [0.29, 0.717) is 11.4 Å². The molecule has 0 aliphatic heterocycles. The second-order valence-corrected chi connectivity index (χ2v) is 9.45. The Morgan fingerprint density at radius 3 is 2.34 bits per heavy atom. The standard InChI is InChI=1S/C22H21BrN2O3S/c1-16-11-12-21(17(2)13-16)25(29(27,28)20-9-4-3-5-10-20)15-22(26)24-19-8-6-7-18(23)14-19/h3-14H,15H2,1-2H3,(H,24,26). The molecule has 0 saturated carbocycles. The van der Waals surface area contributed by atoms with Crippen LogP contribution in [0.15, 0.2) is 82.2 Å². The molecular formula is C22H21BrN2O3S. The van der Waals surface area contributed by atoms with Crippen LogP contribution in [0, 0.1) is 13.8 Å². The Labute approximate surface area is 179 Å². The van der Waals surface area contributed by atoms with E-state index < -0.39 is 15.9 Å². The molecule has 0 aliphatic carbocycles. The maximum Gasteiger partial charge on any atom is 0.264 e. The van der Waals surface area contributed by atoms with Gasteiger partial charge < -0.3 is 5.32 Å². The van der Waals surface area contributed by atoms with Crippen LogP contribution in [0.2, 0.25) is 0 Å². The molecule has 29 heavy (non-hydrogen) atoms. The van der Waals surface area contributed by atoms with E-state index in [1.165, 1.54) is 12.1 Å². The van der Waals surface area contributed by atoms with Crippen molar-refractivity contribution in [1.29, 1.82) is 0 Å². The second kappa shape index (κ2) is 8.80. The summed E-state index contributed by atoms with van der Waals surface area (Å²) in [6, 6.07) is 20.7. The Hall–Kier alpha value is -2.64. The lowest BCUT2D eigenvalue weighted by Gasteiger charge is -2.26. The van der Waals surface area contributed by atoms with Gasteiger partial charge in [-0.1, -0.05) is 57.9 Å². The van der Waals surface area contributed by atoms with Gasteiger partial charge in [-0.15, -0.1) is 0 Å². The Balaban J connectivity index is 1.98. The molecule has 0 heterocycles. The molecule has 3 aromatic carbocycles. The third-order valence-electron chi connectivity index (χ3n) is 4.35. The number of carbonyl (C=O) groups is 1. The molecule has 7 heteroatoms. The third kappa shape index (κ3) is 5.05. The minimum Gasteiger partial charge on any atom is -0.324 e. The molecule has 1 N–H and O–H groups in total. The predicted octanol–water partition coefficient (Wildman–Crippen LogP) is 4.90. The van der Waals surface area contributed by atoms with E-state index in [-0.39, 0.29) is 11.4 Å². The summed E-state index contributed by atoms with van der Waals surface area (Å²) in [6.45, 7) is 3.43. The fraction of sp³-hybridized carbons (Fsp3) is 0.136. The summed E-state index contributed by atoms with van der Waals surface area (Å²) in [5, 5.41) is 2.76. The van der Waals surface area contributed by atoms with Crippen molar-refractivity contribution >= 4 is 43.2 Å². The van der Waals surface area contributed by atoms with Crippen molar-refractivity contribution in [3.05, 3.63) is 88.4 Å². The summed E-state index contributed by atoms with van der Waals surface area (Å²) >= 11 is 3.36. The zero-order valence-electron chi connectivity index (χ0n) is 16.1. The number of halogens is 1. The number of hydrogen-bond acceptors (Lipinski definition) is 3. The molecule has 0 spiro atoms. The molecular weight excluding hydrogens is 452 g/mol. The van der Waals surface area contributed by atoms with Gasteiger partial charge in [-0.2, -0.15) is 0 Å². The van der Waals surface area contributed by atoms with Gasteiger partial charge in [-0.3, -0.25) is 9.10 Å². The number of sulfonamides is 1. The minimum atomic E-state index is -3.92. The number of nitrogens with zero attached hydrogens (tertiary/aromatic N) is 1. The van der Waals surface area contributed by atoms with E-state index >= 15 is 0 Å². The highest BCUT2D eigenvalue weighted by Gasteiger charge is 2.28. The average Bonchev–Trinajstić information content (AvgIpc) is 2.67. The van der Waals surface area contributed by atoms with Crippen LogP contribution in [0.5, 0.6) is 0 Å². The van der Waals surface area contributed by atoms with Gasteiger partial charge in [0.15, 0.2) is 0 Å². The second-order valence-electron chi connectivity index (χ2n) is 6.67. The highest BCUT2D eigenvalue weighted by Crippen LogP contribution is 2.27. The Kier molecular flexibility index (Phi) is 6.39. The monoisotopic (exact) mass is 472 g/mol. The highest BCUT2D eigenvalue weighted by atomic mass is 79.9. The molecule has 3 rings (SSSR count). The quantitative estimate of drug-likeness (QED) is 0.554. The maximum absolute atomic E-state index is 13.4. The molecule has 150 valence electrons. The Morgan fingerprint density at radius 2 is 1.69 bits per heavy atom. The molecule has 0 saturated heterocycles. The van der Waals surface area contributed by atoms with Gasteiger partial charge in [0.2, 0.25) is 5.91 Å². The smallest absolute Gasteiger partial charge is 0.264 e. The third-order valence-corrected chi connectivity index (χ3v) is 6.61. The van der Waals surface area contributed by atoms with Crippen LogP contribution in [0.4, 0.5) is 11.4 Å². The van der Waals surface area contributed by atoms with Gasteiger partial charge >= 0.3 is 0 Å². The highest BCUT2D eigenvalue weighted by molar-refractivity contribution is 9.10. The Bertz CT molecular complexity index is 1130. The van der Waals surface area contributed by atoms with E-state index in [4.69, 9.17) is 0 Å². The number of carbonyl (C=O) groups excluding carboxylic acids is 1. The first-order chi connectivity index (χ1) is 13.8. The maximum atomic E-state index is 13.4. The zero-order valence-corrected chi connectivity index (χ0v) is 18.5. The van der Waals surface area contributed by atoms with E-state index in [1.807, 2.05) is 32.0 Å². The first-order valence-corrected chi connectivity index (χ1v) is 11.2. The van der Waals surface area contributed by atoms with Crippen LogP contribution < -0.4 is 9.62 Å². The molecule has 0 atom stereocenters. The lowest BCUT2D eigenvalue weighted by molar-refractivity contribution is -0.114. The Morgan fingerprint density at radius 1 is 0.966 bits per heavy atom. The molecule has 1 amide bonds. The minimum absolute atomic E-state index is 0.134. The van der Waals surface area contributed by atoms with Gasteiger partial charge in [-0.05, 0) is 55.8 Å². The number of anilines is 2. The van der Waals surface area contributed by atoms with E-state index in [0.717, 1.165) is 19.9 Å². The number of hydrogen-bond donors (Lipinski definition) is 1. The van der Waals surface area contributed by atoms with Gasteiger partial charge in [0.25, 0.3) is 10.0 Å². The van der Waals surface area contributed by atoms with Crippen molar-refractivity contribution in [2.75, 3.05) is 16.2 Å². The fourth-order valence-corrected chi connectivity index (χ4v) is 4.91. The summed E-state index contributed by atoms with van der Waals surface area (Å²) in [5.74, 6) is -0.428. The van der Waals surface area contributed by atoms with Crippen LogP contribution in [-0.4, -0.2) is 20.9 Å². The van der Waals surface area contributed by atoms with Crippen molar-refractivity contribution in [2.45, 2.75) is 18.7 Å². The lowest BCUT2D eigenvalue weighted by atomic mass is 10.1. The van der Waals surface area contributed by atoms with Crippen molar-refractivity contribution in [2.24, 2.45) is 0 Å². The van der Waals surface area contributed by atoms with Gasteiger partial charge in [-0.25, -0.2) is 8.42 Å². The normalized spacial score (nSPS) is 11.1. The molecule has 0 bridgehead atoms. The van der Waals surface area contributed by atoms with Crippen LogP contribution in [0.3, 0.4) is 0 Å². The first kappa shape index (κ1) is 21.1. The summed E-state index contributed by atoms with van der Waals surface area (Å²) in [6.07, 6.45) is 0. The fourth-order valence-electron chi connectivity index (χ4n) is 3.00. The van der Waals surface area contributed by atoms with Gasteiger partial charge in [0.1, 0.15) is 6.54 Å². The predicted molar refractivity (Wildman–Crippen MR) is 120 cm³/mol. The van der Waals surface area contributed by atoms with Crippen LogP contribution >= 0.6 is 15.9 Å². The number of amides is 1. The molecule has 0 aliphatic rings. The first-order valence-electron chi connectivity index (χ1n) is 8.98. The van der Waals surface area contributed by atoms with E-state index in [1.54, 1.807) is 42.5 Å². The number of rotatable bonds is 6. The molecule has 0 radical (unpaired) electrons. The molecule has 0 unspecified atom stereocenters. The lowest BCUT2D eigenvalue weighted by Crippen LogP contribution is -2.38. The van der Waals surface area contributed by atoms with Crippen molar-refractivity contribution in [1.82, 2.24) is 0 Å². The zero-order chi connectivity index (χ0) is 21.0. The van der Waals surface area contributed by atoms with Crippen molar-refractivity contribution < 1.29 is 13.2 Å². The van der Waals surface area contributed by atoms with Crippen LogP contribution in [-0.2, 0) is 14.8 Å². The molecule has 5 nitrogen and oxygen atoms in total. The van der Waals surface area contributed by atoms with Crippen molar-refractivity contribution in [3.63, 3.8) is 0 Å². The number of nitrogens with one attached hydrogen (secondary N) is 1. The topological polar surface area (TPSA) is 66.5 Å². The largest absolute Gasteiger partial charge is 0.324 e. The van der Waals surface area contributed by atoms with E-state index in [9.17, 15) is 13.2 Å². The van der Waals surface area contributed by atoms with Gasteiger partial charge in [0.05, 0.1) is 10.6 Å². The van der Waals surface area contributed by atoms with Crippen LogP contribution in [0.25, 0.3) is 0 Å². The average molecular weight is 473 g/mol. The van der Waals surface area contributed by atoms with Crippen LogP contribution in [0.1, 0.15) is 11.1 Å². The number of aryl methyl sites for hydroxylation is 2. The van der Waals surface area contributed by atoms with Gasteiger partial charge in [0, 0.05) is 10.2 Å². The number of benzene rings is 3. The summed E-state index contributed by atoms with van der Waals surface area (Å²) in [7, 11) is -3.92. The summed E-state index contributed by atoms with van der Waals surface area (Å²) < 4.78 is 28.7. The SMILES string of the molecule is Cc1ccc(N(CC(=O)Nc2cccc(Br)c2)S(=O)(=O)c2ccccc2)c(C)c1. The summed E-state index contributed by atoms with van der Waals surface area (Å²) in [5.41, 5.74) is 2.85. The molecule has 0 aromatic heterocycles. The summed E-state index contributed by atoms with van der Waals surface area (Å²) in [4.78, 5) is 12.9.